The minimum atomic E-state index is -0.541. The number of ether oxygens (including phenoxy) is 1. The van der Waals surface area contributed by atoms with Crippen LogP contribution in [0.2, 0.25) is 0 Å². The van der Waals surface area contributed by atoms with E-state index in [4.69, 9.17) is 4.74 Å². The molecular weight excluding hydrogens is 326 g/mol. The van der Waals surface area contributed by atoms with Gasteiger partial charge >= 0.3 is 0 Å². The highest BCUT2D eigenvalue weighted by molar-refractivity contribution is 6.08. The van der Waals surface area contributed by atoms with Gasteiger partial charge in [-0.1, -0.05) is 37.8 Å². The van der Waals surface area contributed by atoms with Crippen molar-refractivity contribution in [3.8, 4) is 5.75 Å². The fourth-order valence-corrected chi connectivity index (χ4v) is 2.13. The Morgan fingerprint density at radius 3 is 2.12 bits per heavy atom. The molecule has 132 valence electrons. The number of carbonyl (C=O) groups excluding carboxylic acids is 1. The molecule has 2 rings (SSSR count). The van der Waals surface area contributed by atoms with Crippen LogP contribution in [0.5, 0.6) is 5.75 Å². The van der Waals surface area contributed by atoms with Gasteiger partial charge < -0.3 is 27.2 Å². The number of ketones is 1. The highest BCUT2D eigenvalue weighted by Crippen LogP contribution is 2.15. The van der Waals surface area contributed by atoms with Crippen molar-refractivity contribution in [2.75, 3.05) is 27.2 Å². The molecule has 0 bridgehead atoms. The lowest BCUT2D eigenvalue weighted by molar-refractivity contribution is -0.0000146. The van der Waals surface area contributed by atoms with Crippen molar-refractivity contribution in [3.05, 3.63) is 65.7 Å². The first-order valence-corrected chi connectivity index (χ1v) is 7.21. The van der Waals surface area contributed by atoms with Gasteiger partial charge in [0.1, 0.15) is 18.5 Å². The third-order valence-corrected chi connectivity index (χ3v) is 3.17. The molecule has 0 radical (unpaired) electrons. The van der Waals surface area contributed by atoms with Gasteiger partial charge in [-0.05, 0) is 38.4 Å². The Labute approximate surface area is 150 Å². The summed E-state index contributed by atoms with van der Waals surface area (Å²) < 4.78 is 5.52. The van der Waals surface area contributed by atoms with Gasteiger partial charge in [-0.15, -0.1) is 0 Å². The van der Waals surface area contributed by atoms with Crippen LogP contribution in [-0.2, 0) is 0 Å². The van der Waals surface area contributed by atoms with Crippen LogP contribution in [0, 0.1) is 0 Å². The molecule has 0 fully saturated rings. The Morgan fingerprint density at radius 1 is 1.04 bits per heavy atom. The molecule has 0 aliphatic heterocycles. The zero-order valence-corrected chi connectivity index (χ0v) is 14.0. The van der Waals surface area contributed by atoms with E-state index in [0.29, 0.717) is 23.4 Å². The van der Waals surface area contributed by atoms with Gasteiger partial charge in [0.15, 0.2) is 5.78 Å². The van der Waals surface area contributed by atoms with Crippen LogP contribution in [0.3, 0.4) is 0 Å². The van der Waals surface area contributed by atoms with E-state index in [2.05, 4.69) is 0 Å². The molecule has 2 aromatic carbocycles. The number of hydrogen-bond donors (Lipinski definition) is 1. The summed E-state index contributed by atoms with van der Waals surface area (Å²) >= 11 is 0. The molecule has 0 aromatic heterocycles. The molecule has 1 N–H and O–H groups in total. The largest absolute Gasteiger partial charge is 1.00 e. The van der Waals surface area contributed by atoms with Gasteiger partial charge in [-0.25, -0.2) is 0 Å². The number of rotatable bonds is 7. The maximum Gasteiger partial charge on any atom is 0.193 e. The highest BCUT2D eigenvalue weighted by atomic mass is 35.5. The van der Waals surface area contributed by atoms with Gasteiger partial charge in [-0.3, -0.25) is 4.79 Å². The fraction of sp³-hybridized carbons (Fsp3) is 0.316. The summed E-state index contributed by atoms with van der Waals surface area (Å²) in [5, 5.41) is 9.75. The summed E-state index contributed by atoms with van der Waals surface area (Å²) in [4.78, 5) is 14.2. The van der Waals surface area contributed by atoms with Gasteiger partial charge in [0.05, 0.1) is 0 Å². The SMILES string of the molecule is C.CN(C)CC(O)COc1ccc(C(=O)c2ccccc2)cc1.[Cl-]. The number of likely N-dealkylation sites (N-methyl/N-ethyl adjacent to an activating group) is 1. The van der Waals surface area contributed by atoms with E-state index in [1.54, 1.807) is 36.4 Å². The van der Waals surface area contributed by atoms with Crippen LogP contribution in [0.25, 0.3) is 0 Å². The van der Waals surface area contributed by atoms with E-state index in [-0.39, 0.29) is 32.2 Å². The zero-order valence-electron chi connectivity index (χ0n) is 13.3. The first-order chi connectivity index (χ1) is 10.6. The minimum absolute atomic E-state index is 0. The van der Waals surface area contributed by atoms with E-state index in [1.165, 1.54) is 0 Å². The normalized spacial score (nSPS) is 11.2. The molecule has 5 heteroatoms. The average molecular weight is 351 g/mol. The number of benzene rings is 2. The fourth-order valence-electron chi connectivity index (χ4n) is 2.13. The summed E-state index contributed by atoms with van der Waals surface area (Å²) in [6, 6.07) is 16.1. The average Bonchev–Trinajstić information content (AvgIpc) is 2.53. The second kappa shape index (κ2) is 10.8. The Hall–Kier alpha value is -1.88. The molecule has 0 heterocycles. The van der Waals surface area contributed by atoms with E-state index in [1.807, 2.05) is 37.2 Å². The summed E-state index contributed by atoms with van der Waals surface area (Å²) in [7, 11) is 3.79. The van der Waals surface area contributed by atoms with Crippen LogP contribution in [0.15, 0.2) is 54.6 Å². The van der Waals surface area contributed by atoms with Crippen LogP contribution >= 0.6 is 0 Å². The monoisotopic (exact) mass is 350 g/mol. The molecule has 0 saturated heterocycles. The maximum atomic E-state index is 12.3. The Bertz CT molecular complexity index is 600. The summed E-state index contributed by atoms with van der Waals surface area (Å²) in [5.41, 5.74) is 1.28. The van der Waals surface area contributed by atoms with Crippen molar-refractivity contribution in [1.82, 2.24) is 4.90 Å². The van der Waals surface area contributed by atoms with Gasteiger partial charge in [0, 0.05) is 17.7 Å². The molecule has 0 aliphatic carbocycles. The van der Waals surface area contributed by atoms with Crippen LogP contribution < -0.4 is 17.1 Å². The zero-order chi connectivity index (χ0) is 15.9. The third kappa shape index (κ3) is 6.71. The summed E-state index contributed by atoms with van der Waals surface area (Å²) in [6.45, 7) is 0.773. The quantitative estimate of drug-likeness (QED) is 0.706. The lowest BCUT2D eigenvalue weighted by atomic mass is 10.0. The third-order valence-electron chi connectivity index (χ3n) is 3.17. The summed E-state index contributed by atoms with van der Waals surface area (Å²) in [5.74, 6) is 0.627. The molecule has 4 nitrogen and oxygen atoms in total. The molecule has 0 spiro atoms. The Balaban J connectivity index is 0.00000264. The van der Waals surface area contributed by atoms with Crippen molar-refractivity contribution in [3.63, 3.8) is 0 Å². The number of aliphatic hydroxyl groups is 1. The molecular formula is C19H25ClNO3-. The molecule has 0 saturated carbocycles. The van der Waals surface area contributed by atoms with E-state index in [0.717, 1.165) is 0 Å². The van der Waals surface area contributed by atoms with Crippen LogP contribution in [0.1, 0.15) is 23.3 Å². The lowest BCUT2D eigenvalue weighted by Crippen LogP contribution is -3.00. The number of hydrogen-bond acceptors (Lipinski definition) is 4. The second-order valence-corrected chi connectivity index (χ2v) is 5.45. The van der Waals surface area contributed by atoms with Crippen molar-refractivity contribution in [2.24, 2.45) is 0 Å². The molecule has 2 aromatic rings. The van der Waals surface area contributed by atoms with E-state index >= 15 is 0 Å². The van der Waals surface area contributed by atoms with Gasteiger partial charge in [-0.2, -0.15) is 0 Å². The number of aliphatic hydroxyl groups excluding tert-OH is 1. The summed E-state index contributed by atoms with van der Waals surface area (Å²) in [6.07, 6.45) is -0.541. The van der Waals surface area contributed by atoms with Crippen LogP contribution in [-0.4, -0.2) is 49.1 Å². The first kappa shape index (κ1) is 22.1. The number of carbonyl (C=O) groups is 1. The van der Waals surface area contributed by atoms with E-state index < -0.39 is 6.10 Å². The molecule has 24 heavy (non-hydrogen) atoms. The molecule has 1 atom stereocenters. The Kier molecular flexibility index (Phi) is 9.97. The van der Waals surface area contributed by atoms with Crippen molar-refractivity contribution in [2.45, 2.75) is 13.5 Å². The van der Waals surface area contributed by atoms with Crippen molar-refractivity contribution >= 4 is 5.78 Å². The topological polar surface area (TPSA) is 49.8 Å². The van der Waals surface area contributed by atoms with Crippen molar-refractivity contribution < 1.29 is 27.0 Å². The molecule has 1 unspecified atom stereocenters. The minimum Gasteiger partial charge on any atom is -1.00 e. The van der Waals surface area contributed by atoms with Crippen LogP contribution in [0.4, 0.5) is 0 Å². The number of halogens is 1. The van der Waals surface area contributed by atoms with Crippen molar-refractivity contribution in [1.29, 1.82) is 0 Å². The number of nitrogens with zero attached hydrogens (tertiary/aromatic N) is 1. The predicted octanol–water partition coefficient (Wildman–Crippen LogP) is -0.141. The van der Waals surface area contributed by atoms with E-state index in [9.17, 15) is 9.90 Å². The maximum absolute atomic E-state index is 12.3. The van der Waals surface area contributed by atoms with Gasteiger partial charge in [0.25, 0.3) is 0 Å². The Morgan fingerprint density at radius 2 is 1.58 bits per heavy atom. The molecule has 0 aliphatic rings. The second-order valence-electron chi connectivity index (χ2n) is 5.45. The predicted molar refractivity (Wildman–Crippen MR) is 93.1 cm³/mol. The molecule has 0 amide bonds. The van der Waals surface area contributed by atoms with Gasteiger partial charge in [0.2, 0.25) is 0 Å². The smallest absolute Gasteiger partial charge is 0.193 e. The lowest BCUT2D eigenvalue weighted by Gasteiger charge is -2.16. The first-order valence-electron chi connectivity index (χ1n) is 7.21. The highest BCUT2D eigenvalue weighted by Gasteiger charge is 2.09. The standard InChI is InChI=1S/C18H21NO3.CH4.ClH/c1-19(2)12-16(20)13-22-17-10-8-15(9-11-17)18(21)14-6-4-3-5-7-14;;/h3-11,16,20H,12-13H2,1-2H3;1H4;1H/p-1.